The van der Waals surface area contributed by atoms with Gasteiger partial charge in [-0.25, -0.2) is 13.8 Å². The van der Waals surface area contributed by atoms with E-state index in [1.165, 1.54) is 21.5 Å². The number of aryl methyl sites for hydroxylation is 2. The summed E-state index contributed by atoms with van der Waals surface area (Å²) in [5.41, 5.74) is 3.12. The Morgan fingerprint density at radius 3 is 1.79 bits per heavy atom. The van der Waals surface area contributed by atoms with Crippen molar-refractivity contribution in [3.05, 3.63) is 76.3 Å². The first-order valence-corrected chi connectivity index (χ1v) is 28.8. The smallest absolute Gasteiger partial charge is 0.333 e. The van der Waals surface area contributed by atoms with E-state index in [1.807, 2.05) is 33.9 Å². The Morgan fingerprint density at radius 1 is 0.823 bits per heavy atom. The van der Waals surface area contributed by atoms with Gasteiger partial charge in [-0.1, -0.05) is 60.8 Å². The maximum absolute atomic E-state index is 14.5. The molecule has 2 aromatic rings. The van der Waals surface area contributed by atoms with Gasteiger partial charge in [0.15, 0.2) is 28.5 Å². The number of hydrogen-bond acceptors (Lipinski definition) is 14. The molecule has 3 aliphatic heterocycles. The van der Waals surface area contributed by atoms with Crippen molar-refractivity contribution in [1.29, 1.82) is 0 Å². The lowest BCUT2D eigenvalue weighted by atomic mass is 9.89. The normalized spacial score (nSPS) is 26.8. The molecule has 18 nitrogen and oxygen atoms in total. The number of rotatable bonds is 16. The van der Waals surface area contributed by atoms with E-state index in [4.69, 9.17) is 28.2 Å². The molecule has 2 aromatic heterocycles. The van der Waals surface area contributed by atoms with Gasteiger partial charge in [-0.3, -0.25) is 27.9 Å². The molecule has 0 saturated carbocycles. The third-order valence-electron chi connectivity index (χ3n) is 13.5. The van der Waals surface area contributed by atoms with E-state index in [1.54, 1.807) is 13.8 Å². The molecule has 2 fully saturated rings. The van der Waals surface area contributed by atoms with Crippen molar-refractivity contribution < 1.29 is 41.1 Å². The van der Waals surface area contributed by atoms with Gasteiger partial charge in [-0.2, -0.15) is 8.42 Å². The average molecular weight is 928 g/mol. The van der Waals surface area contributed by atoms with Crippen molar-refractivity contribution in [1.82, 2.24) is 18.3 Å². The number of hydrogen-bond donors (Lipinski definition) is 3. The fourth-order valence-corrected chi connectivity index (χ4v) is 11.1. The summed E-state index contributed by atoms with van der Waals surface area (Å²) >= 11 is 0. The van der Waals surface area contributed by atoms with Crippen LogP contribution in [0.5, 0.6) is 0 Å². The number of nitrogens with two attached hydrogens (primary N) is 1. The topological polar surface area (TPSA) is 235 Å². The number of aliphatic hydroxyl groups excluding tert-OH is 2. The highest BCUT2D eigenvalue weighted by Gasteiger charge is 2.67. The van der Waals surface area contributed by atoms with Gasteiger partial charge in [-0.15, -0.1) is 0 Å². The minimum absolute atomic E-state index is 0.0833. The summed E-state index contributed by atoms with van der Waals surface area (Å²) in [6.45, 7) is 23.4. The van der Waals surface area contributed by atoms with E-state index in [9.17, 15) is 37.8 Å². The van der Waals surface area contributed by atoms with Crippen LogP contribution in [0.1, 0.15) is 104 Å². The van der Waals surface area contributed by atoms with Gasteiger partial charge in [0.2, 0.25) is 0 Å². The fourth-order valence-electron chi connectivity index (χ4n) is 7.63. The summed E-state index contributed by atoms with van der Waals surface area (Å²) in [6.07, 6.45) is -0.295. The molecule has 5 heterocycles. The Morgan fingerprint density at radius 2 is 1.32 bits per heavy atom. The van der Waals surface area contributed by atoms with E-state index in [0.29, 0.717) is 37.7 Å². The van der Waals surface area contributed by atoms with Gasteiger partial charge in [0.1, 0.15) is 24.5 Å². The number of aliphatic hydroxyl groups is 2. The van der Waals surface area contributed by atoms with Crippen LogP contribution < -0.4 is 28.2 Å². The highest BCUT2D eigenvalue weighted by molar-refractivity contribution is 7.90. The van der Waals surface area contributed by atoms with Crippen LogP contribution in [-0.4, -0.2) is 96.8 Å². The molecule has 2 saturated heterocycles. The molecule has 0 radical (unpaired) electrons. The maximum Gasteiger partial charge on any atom is 0.333 e. The Kier molecular flexibility index (Phi) is 14.6. The second-order valence-corrected chi connectivity index (χ2v) is 31.1. The molecule has 0 amide bonds. The zero-order chi connectivity index (χ0) is 46.5. The molecular weight excluding hydrogens is 859 g/mol. The Labute approximate surface area is 366 Å². The minimum atomic E-state index is -4.29. The van der Waals surface area contributed by atoms with E-state index in [2.05, 4.69) is 33.9 Å². The van der Waals surface area contributed by atoms with E-state index >= 15 is 0 Å². The molecule has 1 spiro atoms. The van der Waals surface area contributed by atoms with Crippen LogP contribution in [-0.2, 0) is 45.7 Å². The lowest BCUT2D eigenvalue weighted by Gasteiger charge is -2.43. The predicted octanol–water partition coefficient (Wildman–Crippen LogP) is 3.45. The number of unbranched alkanes of at least 4 members (excludes halogenated alkanes) is 4. The molecule has 5 rings (SSSR count). The number of aromatic nitrogens is 4. The third-order valence-corrected chi connectivity index (χ3v) is 23.5. The van der Waals surface area contributed by atoms with Crippen LogP contribution in [0, 0.1) is 13.8 Å². The molecule has 62 heavy (non-hydrogen) atoms. The molecule has 4 N–H and O–H groups in total. The summed E-state index contributed by atoms with van der Waals surface area (Å²) in [6, 6.07) is 0. The predicted molar refractivity (Wildman–Crippen MR) is 238 cm³/mol. The molecule has 0 aromatic carbocycles. The SMILES string of the molecule is Cc1cn(C2CC(O)C(CO)O2)c(=O)n(CCCCCCCn2c(=O)c(C)cn(C3OC(CO[Si](C)(C)C(C)(C)C)C4(OS(=O)(=O)C=C4N)C3O[Si](C)(C)C(C)(C)C)c2=O)c1=O. The van der Waals surface area contributed by atoms with E-state index in [0.717, 1.165) is 14.5 Å². The molecule has 0 bridgehead atoms. The number of ether oxygens (including phenoxy) is 2. The van der Waals surface area contributed by atoms with Crippen molar-refractivity contribution in [2.24, 2.45) is 5.73 Å². The van der Waals surface area contributed by atoms with Crippen molar-refractivity contribution in [3.63, 3.8) is 0 Å². The highest BCUT2D eigenvalue weighted by Crippen LogP contribution is 2.52. The van der Waals surface area contributed by atoms with Gasteiger partial charge in [0.25, 0.3) is 21.2 Å². The Balaban J connectivity index is 1.37. The van der Waals surface area contributed by atoms with Crippen molar-refractivity contribution in [2.75, 3.05) is 13.2 Å². The largest absolute Gasteiger partial charge is 0.414 e. The Bertz CT molecular complexity index is 2360. The van der Waals surface area contributed by atoms with Crippen molar-refractivity contribution in [3.8, 4) is 0 Å². The van der Waals surface area contributed by atoms with Gasteiger partial charge < -0.3 is 34.3 Å². The summed E-state index contributed by atoms with van der Waals surface area (Å²) in [5.74, 6) is 0. The lowest BCUT2D eigenvalue weighted by molar-refractivity contribution is -0.0567. The molecule has 350 valence electrons. The lowest BCUT2D eigenvalue weighted by Crippen LogP contribution is -2.59. The monoisotopic (exact) mass is 927 g/mol. The molecule has 7 unspecified atom stereocenters. The maximum atomic E-state index is 14.5. The van der Waals surface area contributed by atoms with Gasteiger partial charge in [-0.05, 0) is 63.0 Å². The summed E-state index contributed by atoms with van der Waals surface area (Å²) < 4.78 is 63.2. The van der Waals surface area contributed by atoms with E-state index < -0.39 is 98.3 Å². The molecule has 21 heteroatoms. The zero-order valence-corrected chi connectivity index (χ0v) is 41.2. The Hall–Kier alpha value is -3.00. The first kappa shape index (κ1) is 50.0. The second-order valence-electron chi connectivity index (χ2n) is 20.1. The van der Waals surface area contributed by atoms with Gasteiger partial charge >= 0.3 is 11.4 Å². The molecule has 3 aliphatic rings. The van der Waals surface area contributed by atoms with Crippen LogP contribution >= 0.6 is 0 Å². The van der Waals surface area contributed by atoms with Crippen LogP contribution in [0.4, 0.5) is 0 Å². The van der Waals surface area contributed by atoms with Crippen LogP contribution in [0.25, 0.3) is 0 Å². The first-order valence-electron chi connectivity index (χ1n) is 21.5. The molecule has 0 aliphatic carbocycles. The second kappa shape index (κ2) is 18.1. The standard InChI is InChI=1S/C41H69N5O13SSi2/c1-26-21-45(32-20-28(48)29(23-47)56-32)37(51)43(34(26)49)18-16-14-13-15-17-19-44-35(50)27(2)22-46(38(44)52)36-33(58-62(11,12)40(6,7)8)41(30(42)25-60(53,54)59-41)31(57-36)24-55-61(9,10)39(3,4)5/h21-22,25,28-29,31-33,36,47-48H,13-20,23-24,42H2,1-12H3. The average Bonchev–Trinajstić information content (AvgIpc) is 3.76. The quantitative estimate of drug-likeness (QED) is 0.124. The highest BCUT2D eigenvalue weighted by atomic mass is 32.2. The summed E-state index contributed by atoms with van der Waals surface area (Å²) in [5, 5.41) is 20.0. The van der Waals surface area contributed by atoms with Crippen LogP contribution in [0.2, 0.25) is 36.3 Å². The van der Waals surface area contributed by atoms with Gasteiger partial charge in [0, 0.05) is 43.0 Å². The zero-order valence-electron chi connectivity index (χ0n) is 38.4. The van der Waals surface area contributed by atoms with Gasteiger partial charge in [0.05, 0.1) is 30.4 Å². The van der Waals surface area contributed by atoms with Crippen LogP contribution in [0.3, 0.4) is 0 Å². The molecule has 7 atom stereocenters. The first-order chi connectivity index (χ1) is 28.5. The van der Waals surface area contributed by atoms with Crippen LogP contribution in [0.15, 0.2) is 42.7 Å². The van der Waals surface area contributed by atoms with Crippen molar-refractivity contribution in [2.45, 2.75) is 186 Å². The third kappa shape index (κ3) is 9.81. The van der Waals surface area contributed by atoms with E-state index in [-0.39, 0.29) is 47.5 Å². The minimum Gasteiger partial charge on any atom is -0.414 e. The summed E-state index contributed by atoms with van der Waals surface area (Å²) in [4.78, 5) is 54.3. The fraction of sp³-hybridized carbons (Fsp3) is 0.756. The van der Waals surface area contributed by atoms with Crippen molar-refractivity contribution >= 4 is 26.8 Å². The summed E-state index contributed by atoms with van der Waals surface area (Å²) in [7, 11) is -9.52. The number of nitrogens with zero attached hydrogens (tertiary/aromatic N) is 4. The molecular formula is C41H69N5O13SSi2.